The van der Waals surface area contributed by atoms with E-state index in [0.29, 0.717) is 22.2 Å². The lowest BCUT2D eigenvalue weighted by Crippen LogP contribution is -2.28. The Balaban J connectivity index is 2.26. The first-order valence-corrected chi connectivity index (χ1v) is 7.54. The second-order valence-corrected chi connectivity index (χ2v) is 5.57. The van der Waals surface area contributed by atoms with Crippen LogP contribution in [0.25, 0.3) is 11.3 Å². The van der Waals surface area contributed by atoms with Crippen molar-refractivity contribution in [2.75, 3.05) is 20.0 Å². The van der Waals surface area contributed by atoms with Crippen molar-refractivity contribution in [1.29, 1.82) is 5.26 Å². The van der Waals surface area contributed by atoms with E-state index in [-0.39, 0.29) is 22.9 Å². The highest BCUT2D eigenvalue weighted by Gasteiger charge is 2.27. The lowest BCUT2D eigenvalue weighted by Gasteiger charge is -2.11. The molecule has 0 unspecified atom stereocenters. The van der Waals surface area contributed by atoms with Crippen LogP contribution in [0.4, 0.5) is 0 Å². The van der Waals surface area contributed by atoms with Crippen molar-refractivity contribution in [3.8, 4) is 28.8 Å². The lowest BCUT2D eigenvalue weighted by molar-refractivity contribution is 0.0933. The smallest absolute Gasteiger partial charge is 0.279 e. The number of hydrogen-bond acceptors (Lipinski definition) is 7. The van der Waals surface area contributed by atoms with Gasteiger partial charge in [0.1, 0.15) is 11.6 Å². The van der Waals surface area contributed by atoms with Gasteiger partial charge in [0.05, 0.1) is 25.7 Å². The third-order valence-electron chi connectivity index (χ3n) is 3.40. The first-order chi connectivity index (χ1) is 11.1. The number of nitrogens with zero attached hydrogens (tertiary/aromatic N) is 3. The second-order valence-electron chi connectivity index (χ2n) is 4.62. The predicted octanol–water partition coefficient (Wildman–Crippen LogP) is 1.55. The van der Waals surface area contributed by atoms with Crippen LogP contribution >= 0.6 is 11.8 Å². The Morgan fingerprint density at radius 1 is 1.26 bits per heavy atom. The van der Waals surface area contributed by atoms with Gasteiger partial charge in [-0.05, 0) is 18.2 Å². The van der Waals surface area contributed by atoms with Crippen LogP contribution in [0.15, 0.2) is 28.2 Å². The molecule has 2 heterocycles. The van der Waals surface area contributed by atoms with Crippen LogP contribution in [0.1, 0.15) is 10.4 Å². The van der Waals surface area contributed by atoms with Crippen molar-refractivity contribution >= 4 is 17.7 Å². The Kier molecular flexibility index (Phi) is 3.80. The fourth-order valence-electron chi connectivity index (χ4n) is 2.30. The summed E-state index contributed by atoms with van der Waals surface area (Å²) in [5, 5.41) is 9.62. The summed E-state index contributed by atoms with van der Waals surface area (Å²) in [5.41, 5.74) is -0.0411. The molecule has 7 nitrogen and oxygen atoms in total. The largest absolute Gasteiger partial charge is 0.493 e. The van der Waals surface area contributed by atoms with E-state index in [1.54, 1.807) is 18.2 Å². The summed E-state index contributed by atoms with van der Waals surface area (Å²) < 4.78 is 11.4. The van der Waals surface area contributed by atoms with Crippen LogP contribution in [-0.4, -0.2) is 35.4 Å². The van der Waals surface area contributed by atoms with E-state index >= 15 is 0 Å². The van der Waals surface area contributed by atoms with Crippen molar-refractivity contribution < 1.29 is 14.3 Å². The topological polar surface area (TPSA) is 94.2 Å². The van der Waals surface area contributed by atoms with Crippen molar-refractivity contribution in [1.82, 2.24) is 9.55 Å². The second kappa shape index (κ2) is 5.78. The van der Waals surface area contributed by atoms with E-state index < -0.39 is 5.56 Å². The summed E-state index contributed by atoms with van der Waals surface area (Å²) in [6, 6.07) is 6.84. The maximum Gasteiger partial charge on any atom is 0.279 e. The molecule has 0 aliphatic carbocycles. The molecule has 1 aromatic carbocycles. The first-order valence-electron chi connectivity index (χ1n) is 6.56. The van der Waals surface area contributed by atoms with E-state index in [1.165, 1.54) is 26.0 Å². The minimum Gasteiger partial charge on any atom is -0.493 e. The van der Waals surface area contributed by atoms with Gasteiger partial charge in [-0.25, -0.2) is 9.55 Å². The molecule has 2 aromatic rings. The number of fused-ring (bicyclic) bond motifs is 1. The number of carbonyl (C=O) groups is 1. The van der Waals surface area contributed by atoms with E-state index in [9.17, 15) is 14.9 Å². The van der Waals surface area contributed by atoms with Crippen LogP contribution in [0.3, 0.4) is 0 Å². The third kappa shape index (κ3) is 2.35. The Bertz CT molecular complexity index is 914. The predicted molar refractivity (Wildman–Crippen MR) is 83.1 cm³/mol. The van der Waals surface area contributed by atoms with Gasteiger partial charge in [0.25, 0.3) is 5.56 Å². The molecular weight excluding hydrogens is 318 g/mol. The van der Waals surface area contributed by atoms with Gasteiger partial charge in [-0.3, -0.25) is 9.59 Å². The molecule has 0 radical (unpaired) electrons. The maximum atomic E-state index is 12.4. The number of methoxy groups -OCH3 is 2. The molecule has 0 N–H and O–H groups in total. The van der Waals surface area contributed by atoms with Gasteiger partial charge < -0.3 is 9.47 Å². The Morgan fingerprint density at radius 2 is 2.00 bits per heavy atom. The normalized spacial score (nSPS) is 12.7. The molecule has 0 spiro atoms. The number of benzene rings is 1. The van der Waals surface area contributed by atoms with E-state index in [0.717, 1.165) is 4.57 Å². The number of aromatic nitrogens is 2. The molecule has 23 heavy (non-hydrogen) atoms. The SMILES string of the molecule is COc1ccc(-c2nc3n(c(=O)c2C#N)C(=O)CS3)cc1OC. The Labute approximate surface area is 135 Å². The van der Waals surface area contributed by atoms with Crippen molar-refractivity contribution in [3.05, 3.63) is 34.1 Å². The number of rotatable bonds is 3. The number of hydrogen-bond donors (Lipinski definition) is 0. The molecule has 1 aliphatic heterocycles. The highest BCUT2D eigenvalue weighted by molar-refractivity contribution is 8.00. The monoisotopic (exact) mass is 329 g/mol. The molecule has 116 valence electrons. The van der Waals surface area contributed by atoms with Crippen molar-refractivity contribution in [3.63, 3.8) is 0 Å². The van der Waals surface area contributed by atoms with Gasteiger partial charge >= 0.3 is 0 Å². The zero-order valence-electron chi connectivity index (χ0n) is 12.3. The molecular formula is C15H11N3O4S. The summed E-state index contributed by atoms with van der Waals surface area (Å²) in [4.78, 5) is 28.4. The molecule has 0 saturated carbocycles. The van der Waals surface area contributed by atoms with Gasteiger partial charge in [0.2, 0.25) is 5.91 Å². The average molecular weight is 329 g/mol. The number of carbonyl (C=O) groups excluding carboxylic acids is 1. The van der Waals surface area contributed by atoms with Crippen LogP contribution in [0.5, 0.6) is 11.5 Å². The summed E-state index contributed by atoms with van der Waals surface area (Å²) in [6.07, 6.45) is 0. The van der Waals surface area contributed by atoms with Crippen LogP contribution in [0, 0.1) is 11.3 Å². The zero-order chi connectivity index (χ0) is 16.6. The number of nitriles is 1. The van der Waals surface area contributed by atoms with E-state index in [2.05, 4.69) is 4.98 Å². The fraction of sp³-hybridized carbons (Fsp3) is 0.200. The van der Waals surface area contributed by atoms with Crippen LogP contribution in [-0.2, 0) is 0 Å². The molecule has 1 aliphatic rings. The number of ether oxygens (including phenoxy) is 2. The Morgan fingerprint density at radius 3 is 2.65 bits per heavy atom. The summed E-state index contributed by atoms with van der Waals surface area (Å²) >= 11 is 1.17. The molecule has 8 heteroatoms. The van der Waals surface area contributed by atoms with Gasteiger partial charge in [-0.2, -0.15) is 5.26 Å². The number of thioether (sulfide) groups is 1. The first kappa shape index (κ1) is 15.1. The van der Waals surface area contributed by atoms with Gasteiger partial charge in [0.15, 0.2) is 16.7 Å². The van der Waals surface area contributed by atoms with Crippen molar-refractivity contribution in [2.24, 2.45) is 0 Å². The minimum absolute atomic E-state index is 0.141. The standard InChI is InChI=1S/C15H11N3O4S/c1-21-10-4-3-8(5-11(10)22-2)13-9(6-16)14(20)18-12(19)7-23-15(18)17-13/h3-5H,7H2,1-2H3. The van der Waals surface area contributed by atoms with E-state index in [4.69, 9.17) is 9.47 Å². The zero-order valence-corrected chi connectivity index (χ0v) is 13.1. The van der Waals surface area contributed by atoms with Crippen molar-refractivity contribution in [2.45, 2.75) is 5.16 Å². The summed E-state index contributed by atoms with van der Waals surface area (Å²) in [5.74, 6) is 0.762. The average Bonchev–Trinajstić information content (AvgIpc) is 2.95. The van der Waals surface area contributed by atoms with Crippen LogP contribution in [0.2, 0.25) is 0 Å². The third-order valence-corrected chi connectivity index (χ3v) is 4.32. The lowest BCUT2D eigenvalue weighted by atomic mass is 10.1. The molecule has 1 aromatic heterocycles. The molecule has 0 fully saturated rings. The van der Waals surface area contributed by atoms with Gasteiger partial charge in [-0.1, -0.05) is 11.8 Å². The molecule has 3 rings (SSSR count). The fourth-order valence-corrected chi connectivity index (χ4v) is 3.15. The summed E-state index contributed by atoms with van der Waals surface area (Å²) in [6.45, 7) is 0. The quantitative estimate of drug-likeness (QED) is 0.788. The minimum atomic E-state index is -0.641. The molecule has 0 bridgehead atoms. The van der Waals surface area contributed by atoms with Gasteiger partial charge in [0, 0.05) is 5.56 Å². The summed E-state index contributed by atoms with van der Waals surface area (Å²) in [7, 11) is 3.01. The Hall–Kier alpha value is -2.79. The molecule has 0 atom stereocenters. The van der Waals surface area contributed by atoms with Crippen LogP contribution < -0.4 is 15.0 Å². The maximum absolute atomic E-state index is 12.4. The van der Waals surface area contributed by atoms with E-state index in [1.807, 2.05) is 6.07 Å². The molecule has 0 saturated heterocycles. The highest BCUT2D eigenvalue weighted by Crippen LogP contribution is 2.33. The highest BCUT2D eigenvalue weighted by atomic mass is 32.2. The van der Waals surface area contributed by atoms with Gasteiger partial charge in [-0.15, -0.1) is 0 Å². The molecule has 0 amide bonds.